The van der Waals surface area contributed by atoms with Crippen LogP contribution in [-0.2, 0) is 13.6 Å². The summed E-state index contributed by atoms with van der Waals surface area (Å²) in [6, 6.07) is 3.46. The molecule has 6 nitrogen and oxygen atoms in total. The van der Waals surface area contributed by atoms with Gasteiger partial charge in [-0.2, -0.15) is 10.5 Å². The van der Waals surface area contributed by atoms with E-state index in [9.17, 15) is 0 Å². The number of aromatic nitrogens is 4. The number of rotatable bonds is 1. The van der Waals surface area contributed by atoms with Gasteiger partial charge in [0.1, 0.15) is 12.4 Å². The summed E-state index contributed by atoms with van der Waals surface area (Å²) >= 11 is 0. The fraction of sp³-hybridized carbons (Fsp3) is 0.273. The van der Waals surface area contributed by atoms with E-state index in [0.717, 1.165) is 6.54 Å². The Hall–Kier alpha value is -2.60. The van der Waals surface area contributed by atoms with Crippen molar-refractivity contribution in [2.75, 3.05) is 0 Å². The number of nitriles is 2. The Balaban J connectivity index is 0.000000171. The molecule has 0 radical (unpaired) electrons. The lowest BCUT2D eigenvalue weighted by Crippen LogP contribution is -2.23. The first-order chi connectivity index (χ1) is 8.21. The lowest BCUT2D eigenvalue weighted by molar-refractivity contribution is -0.671. The normalized spacial score (nSPS) is 8.71. The van der Waals surface area contributed by atoms with Crippen molar-refractivity contribution in [3.05, 3.63) is 36.4 Å². The molecule has 0 fully saturated rings. The summed E-state index contributed by atoms with van der Waals surface area (Å²) in [6.07, 6.45) is 7.33. The van der Waals surface area contributed by atoms with Crippen LogP contribution in [-0.4, -0.2) is 9.55 Å². The van der Waals surface area contributed by atoms with E-state index in [1.165, 1.54) is 6.33 Å². The highest BCUT2D eigenvalue weighted by Crippen LogP contribution is 1.94. The first kappa shape index (κ1) is 12.5. The highest BCUT2D eigenvalue weighted by Gasteiger charge is 1.92. The quantitative estimate of drug-likeness (QED) is 0.649. The Labute approximate surface area is 99.4 Å². The third-order valence-corrected chi connectivity index (χ3v) is 2.00. The molecule has 2 heterocycles. The zero-order valence-electron chi connectivity index (χ0n) is 9.70. The summed E-state index contributed by atoms with van der Waals surface area (Å²) in [5.74, 6) is 0. The lowest BCUT2D eigenvalue weighted by atomic mass is 10.4. The molecule has 17 heavy (non-hydrogen) atoms. The van der Waals surface area contributed by atoms with Crippen LogP contribution in [0, 0.1) is 22.7 Å². The zero-order valence-corrected chi connectivity index (χ0v) is 9.70. The van der Waals surface area contributed by atoms with Crippen LogP contribution in [0.25, 0.3) is 0 Å². The summed E-state index contributed by atoms with van der Waals surface area (Å²) in [7, 11) is 2.02. The zero-order chi connectivity index (χ0) is 12.7. The molecule has 2 rings (SSSR count). The molecule has 0 aliphatic heterocycles. The number of imidazole rings is 2. The monoisotopic (exact) mass is 228 g/mol. The fourth-order valence-electron chi connectivity index (χ4n) is 1.12. The van der Waals surface area contributed by atoms with Crippen molar-refractivity contribution in [3.63, 3.8) is 0 Å². The SMILES string of the molecule is CCn1cc[n+](C)c1.N#Cc1nc[n-]c1C#N. The summed E-state index contributed by atoms with van der Waals surface area (Å²) < 4.78 is 4.16. The van der Waals surface area contributed by atoms with E-state index in [4.69, 9.17) is 10.5 Å². The highest BCUT2D eigenvalue weighted by molar-refractivity contribution is 5.34. The molecule has 0 amide bonds. The average Bonchev–Trinajstić information content (AvgIpc) is 2.97. The number of hydrogen-bond acceptors (Lipinski definition) is 3. The Morgan fingerprint density at radius 1 is 1.47 bits per heavy atom. The molecule has 86 valence electrons. The van der Waals surface area contributed by atoms with Crippen molar-refractivity contribution in [2.24, 2.45) is 7.05 Å². The minimum Gasteiger partial charge on any atom is -0.433 e. The van der Waals surface area contributed by atoms with Gasteiger partial charge in [0.05, 0.1) is 37.1 Å². The lowest BCUT2D eigenvalue weighted by Gasteiger charge is -1.82. The smallest absolute Gasteiger partial charge is 0.243 e. The van der Waals surface area contributed by atoms with Gasteiger partial charge in [-0.15, -0.1) is 0 Å². The second kappa shape index (κ2) is 6.09. The van der Waals surface area contributed by atoms with Gasteiger partial charge in [-0.3, -0.25) is 0 Å². The van der Waals surface area contributed by atoms with Crippen molar-refractivity contribution in [1.82, 2.24) is 14.5 Å². The Bertz CT molecular complexity index is 523. The minimum absolute atomic E-state index is 0.0949. The second-order valence-electron chi connectivity index (χ2n) is 3.20. The third-order valence-electron chi connectivity index (χ3n) is 2.00. The summed E-state index contributed by atoms with van der Waals surface area (Å²) in [4.78, 5) is 7.02. The summed E-state index contributed by atoms with van der Waals surface area (Å²) in [6.45, 7) is 3.18. The molecule has 0 aliphatic rings. The Morgan fingerprint density at radius 3 is 2.59 bits per heavy atom. The first-order valence-corrected chi connectivity index (χ1v) is 5.00. The fourth-order valence-corrected chi connectivity index (χ4v) is 1.12. The molecule has 0 aromatic carbocycles. The van der Waals surface area contributed by atoms with Gasteiger partial charge in [0, 0.05) is 0 Å². The van der Waals surface area contributed by atoms with Gasteiger partial charge in [0.15, 0.2) is 0 Å². The highest BCUT2D eigenvalue weighted by atomic mass is 15.1. The molecule has 0 bridgehead atoms. The maximum atomic E-state index is 8.23. The molecule has 0 saturated heterocycles. The van der Waals surface area contributed by atoms with E-state index < -0.39 is 0 Å². The molecule has 2 aromatic rings. The van der Waals surface area contributed by atoms with Crippen LogP contribution in [0.1, 0.15) is 18.3 Å². The van der Waals surface area contributed by atoms with E-state index in [1.807, 2.05) is 17.8 Å². The van der Waals surface area contributed by atoms with E-state index in [1.54, 1.807) is 12.1 Å². The topological polar surface area (TPSA) is 83.4 Å². The van der Waals surface area contributed by atoms with Gasteiger partial charge < -0.3 is 9.97 Å². The molecular formula is C11H12N6. The van der Waals surface area contributed by atoms with Gasteiger partial charge in [-0.1, -0.05) is 6.33 Å². The maximum Gasteiger partial charge on any atom is 0.243 e. The van der Waals surface area contributed by atoms with Crippen LogP contribution in [0.3, 0.4) is 0 Å². The van der Waals surface area contributed by atoms with Crippen LogP contribution in [0.4, 0.5) is 0 Å². The number of hydrogen-bond donors (Lipinski definition) is 0. The third kappa shape index (κ3) is 3.47. The average molecular weight is 228 g/mol. The minimum atomic E-state index is 0.0949. The maximum absolute atomic E-state index is 8.23. The predicted octanol–water partition coefficient (Wildman–Crippen LogP) is 0.115. The van der Waals surface area contributed by atoms with Crippen molar-refractivity contribution < 1.29 is 4.57 Å². The molecule has 0 saturated carbocycles. The second-order valence-corrected chi connectivity index (χ2v) is 3.20. The predicted molar refractivity (Wildman–Crippen MR) is 58.3 cm³/mol. The molecule has 0 unspecified atom stereocenters. The molecule has 2 aromatic heterocycles. The Morgan fingerprint density at radius 2 is 2.24 bits per heavy atom. The van der Waals surface area contributed by atoms with Gasteiger partial charge >= 0.3 is 0 Å². The Kier molecular flexibility index (Phi) is 4.46. The number of nitrogens with zero attached hydrogens (tertiary/aromatic N) is 6. The molecule has 0 N–H and O–H groups in total. The van der Waals surface area contributed by atoms with Gasteiger partial charge in [0.25, 0.3) is 0 Å². The van der Waals surface area contributed by atoms with Crippen molar-refractivity contribution >= 4 is 0 Å². The molecule has 6 heteroatoms. The van der Waals surface area contributed by atoms with Crippen molar-refractivity contribution in [2.45, 2.75) is 13.5 Å². The van der Waals surface area contributed by atoms with Gasteiger partial charge in [-0.25, -0.2) is 9.13 Å². The number of aryl methyl sites for hydroxylation is 2. The van der Waals surface area contributed by atoms with E-state index >= 15 is 0 Å². The van der Waals surface area contributed by atoms with Crippen molar-refractivity contribution in [3.8, 4) is 12.1 Å². The first-order valence-electron chi connectivity index (χ1n) is 5.00. The van der Waals surface area contributed by atoms with Crippen molar-refractivity contribution in [1.29, 1.82) is 10.5 Å². The molecule has 0 atom stereocenters. The summed E-state index contributed by atoms with van der Waals surface area (Å²) in [5.41, 5.74) is 0.190. The van der Waals surface area contributed by atoms with E-state index in [-0.39, 0.29) is 11.4 Å². The molecule has 0 spiro atoms. The molecular weight excluding hydrogens is 216 g/mol. The standard InChI is InChI=1S/C6H11N2.C5HN4/c1-3-8-5-4-7(2)6-8;6-1-4-5(2-7)9-3-8-4/h4-6H,3H2,1-2H3;3H/q+1;-1. The molecule has 0 aliphatic carbocycles. The van der Waals surface area contributed by atoms with Gasteiger partial charge in [0.2, 0.25) is 6.33 Å². The van der Waals surface area contributed by atoms with Crippen LogP contribution in [0.2, 0.25) is 0 Å². The van der Waals surface area contributed by atoms with Crippen LogP contribution in [0.15, 0.2) is 25.0 Å². The van der Waals surface area contributed by atoms with Crippen LogP contribution in [0.5, 0.6) is 0 Å². The van der Waals surface area contributed by atoms with Crippen LogP contribution < -0.4 is 9.55 Å². The largest absolute Gasteiger partial charge is 0.433 e. The van der Waals surface area contributed by atoms with E-state index in [0.29, 0.717) is 0 Å². The van der Waals surface area contributed by atoms with E-state index in [2.05, 4.69) is 34.0 Å². The van der Waals surface area contributed by atoms with Crippen LogP contribution >= 0.6 is 0 Å². The summed E-state index contributed by atoms with van der Waals surface area (Å²) in [5, 5.41) is 16.5. The van der Waals surface area contributed by atoms with Gasteiger partial charge in [-0.05, 0) is 6.92 Å².